The van der Waals surface area contributed by atoms with Crippen molar-refractivity contribution in [2.24, 2.45) is 0 Å². The first-order valence-corrected chi connectivity index (χ1v) is 18.9. The van der Waals surface area contributed by atoms with Crippen molar-refractivity contribution in [2.75, 3.05) is 6.61 Å². The van der Waals surface area contributed by atoms with E-state index < -0.39 is 205 Å². The van der Waals surface area contributed by atoms with Crippen molar-refractivity contribution in [3.8, 4) is 80.1 Å². The van der Waals surface area contributed by atoms with Crippen LogP contribution in [-0.2, 0) is 42.8 Å². The zero-order valence-electron chi connectivity index (χ0n) is 33.7. The number of hydrogen-bond acceptors (Lipinski definition) is 27. The van der Waals surface area contributed by atoms with Crippen molar-refractivity contribution >= 4 is 41.8 Å². The first-order valence-electron chi connectivity index (χ1n) is 18.9. The van der Waals surface area contributed by atoms with Crippen molar-refractivity contribution in [1.82, 2.24) is 0 Å². The van der Waals surface area contributed by atoms with Gasteiger partial charge in [0.05, 0.1) is 39.7 Å². The van der Waals surface area contributed by atoms with Crippen LogP contribution >= 0.6 is 0 Å². The normalized spacial score (nSPS) is 22.1. The summed E-state index contributed by atoms with van der Waals surface area (Å²) in [7, 11) is 0. The van der Waals surface area contributed by atoms with E-state index in [4.69, 9.17) is 28.4 Å². The molecule has 362 valence electrons. The van der Waals surface area contributed by atoms with Crippen LogP contribution in [0.1, 0.15) is 52.9 Å². The maximum atomic E-state index is 14.4. The number of aliphatic hydroxyl groups is 1. The van der Waals surface area contributed by atoms with Crippen LogP contribution in [0.2, 0.25) is 0 Å². The van der Waals surface area contributed by atoms with Crippen molar-refractivity contribution in [2.45, 2.75) is 42.7 Å². The van der Waals surface area contributed by atoms with Crippen molar-refractivity contribution in [3.63, 3.8) is 0 Å². The number of phenolic OH excluding ortho intramolecular Hbond substituents is 12. The molecule has 4 aromatic carbocycles. The van der Waals surface area contributed by atoms with E-state index in [0.29, 0.717) is 30.3 Å². The Labute approximate surface area is 379 Å². The number of benzene rings is 4. The first-order chi connectivity index (χ1) is 32.3. The third kappa shape index (κ3) is 8.11. The highest BCUT2D eigenvalue weighted by Crippen LogP contribution is 2.54. The Morgan fingerprint density at radius 2 is 1.12 bits per heavy atom. The second-order valence-corrected chi connectivity index (χ2v) is 14.8. The van der Waals surface area contributed by atoms with Crippen molar-refractivity contribution in [1.29, 1.82) is 0 Å². The van der Waals surface area contributed by atoms with Gasteiger partial charge in [0, 0.05) is 16.7 Å². The highest BCUT2D eigenvalue weighted by molar-refractivity contribution is 6.08. The molecule has 3 aliphatic heterocycles. The third-order valence-corrected chi connectivity index (χ3v) is 10.7. The molecule has 0 saturated carbocycles. The molecule has 7 rings (SSSR count). The number of cyclic esters (lactones) is 2. The molecule has 0 spiro atoms. The molecule has 3 heterocycles. The second kappa shape index (κ2) is 17.3. The maximum Gasteiger partial charge on any atom is 0.346 e. The monoisotopic (exact) mass is 969 g/mol. The molecule has 7 atom stereocenters. The first kappa shape index (κ1) is 47.4. The van der Waals surface area contributed by atoms with E-state index in [-0.39, 0.29) is 6.08 Å². The third-order valence-electron chi connectivity index (χ3n) is 10.7. The standard InChI is InChI=1S/C41H30O28/c42-13-1-8(2-14(43)24(13)49)36(59)69-41-31(56)34-32(66-40(63)12(6-19(47)48)23-22-11(5-17(46)27(52)30(22)55)38(61)67-33(23)35(57)58)18(65-41)7-64-37(60)9-3-15(44)25(50)28(53)20(9)21-10(39(62)68-34)4-16(45)26(51)29(21)54/h1-6,18,23,31-34,41-46,49-56H,7H2,(H,47,48)(H,57,58)/p-1/b12-6-/t18-,23+,31-,32-,33+,34-,41+/m1/s1. The topological polar surface area (TPSA) is 481 Å². The fraction of sp³-hybridized carbons (Fsp3) is 0.195. The lowest BCUT2D eigenvalue weighted by Gasteiger charge is -2.43. The Morgan fingerprint density at radius 3 is 1.65 bits per heavy atom. The lowest BCUT2D eigenvalue weighted by molar-refractivity contribution is -0.297. The molecular formula is C41H29O28-. The fourth-order valence-electron chi connectivity index (χ4n) is 7.48. The average Bonchev–Trinajstić information content (AvgIpc) is 3.28. The summed E-state index contributed by atoms with van der Waals surface area (Å²) in [5.41, 5.74) is -8.85. The molecule has 2 bridgehead atoms. The molecule has 3 aliphatic rings. The number of rotatable bonds is 7. The van der Waals surface area contributed by atoms with Crippen LogP contribution in [0.25, 0.3) is 11.1 Å². The molecule has 28 nitrogen and oxygen atoms in total. The Balaban J connectivity index is 1.41. The number of aliphatic carboxylic acids is 2. The predicted molar refractivity (Wildman–Crippen MR) is 207 cm³/mol. The number of carboxylic acids is 2. The molecule has 0 unspecified atom stereocenters. The number of carbonyl (C=O) groups is 7. The smallest absolute Gasteiger partial charge is 0.346 e. The maximum absolute atomic E-state index is 14.4. The summed E-state index contributed by atoms with van der Waals surface area (Å²) in [6.07, 6.45) is -15.7. The number of hydrogen-bond donors (Lipinski definition) is 14. The van der Waals surface area contributed by atoms with E-state index in [9.17, 15) is 110 Å². The van der Waals surface area contributed by atoms with Crippen LogP contribution in [0.4, 0.5) is 0 Å². The van der Waals surface area contributed by atoms with Gasteiger partial charge in [-0.05, 0) is 36.4 Å². The second-order valence-electron chi connectivity index (χ2n) is 14.8. The number of phenols is 12. The lowest BCUT2D eigenvalue weighted by Crippen LogP contribution is -2.62. The van der Waals surface area contributed by atoms with E-state index in [2.05, 4.69) is 0 Å². The Bertz CT molecular complexity index is 2950. The number of aliphatic hydroxyl groups excluding tert-OH is 1. The highest BCUT2D eigenvalue weighted by atomic mass is 16.7. The Hall–Kier alpha value is -9.57. The van der Waals surface area contributed by atoms with Gasteiger partial charge in [-0.2, -0.15) is 0 Å². The van der Waals surface area contributed by atoms with Gasteiger partial charge in [0.2, 0.25) is 29.6 Å². The highest BCUT2D eigenvalue weighted by Gasteiger charge is 2.54. The lowest BCUT2D eigenvalue weighted by atomic mass is 9.80. The minimum Gasteiger partial charge on any atom is -0.545 e. The number of fused-ring (bicyclic) bond motifs is 6. The van der Waals surface area contributed by atoms with E-state index in [0.717, 1.165) is 0 Å². The zero-order chi connectivity index (χ0) is 50.8. The van der Waals surface area contributed by atoms with Crippen LogP contribution in [-0.4, -0.2) is 157 Å². The van der Waals surface area contributed by atoms with Gasteiger partial charge in [-0.15, -0.1) is 0 Å². The van der Waals surface area contributed by atoms with Gasteiger partial charge in [-0.3, -0.25) is 0 Å². The van der Waals surface area contributed by atoms with Crippen molar-refractivity contribution in [3.05, 3.63) is 69.8 Å². The zero-order valence-corrected chi connectivity index (χ0v) is 33.7. The van der Waals surface area contributed by atoms with Crippen LogP contribution in [0.5, 0.6) is 69.0 Å². The Morgan fingerprint density at radius 1 is 0.623 bits per heavy atom. The van der Waals surface area contributed by atoms with Gasteiger partial charge in [0.25, 0.3) is 0 Å². The van der Waals surface area contributed by atoms with Gasteiger partial charge in [0.15, 0.2) is 70.1 Å². The number of carboxylic acid groups (broad SMARTS) is 2. The molecule has 14 N–H and O–H groups in total. The van der Waals surface area contributed by atoms with Crippen LogP contribution in [0, 0.1) is 0 Å². The van der Waals surface area contributed by atoms with Gasteiger partial charge in [-0.25, -0.2) is 28.8 Å². The summed E-state index contributed by atoms with van der Waals surface area (Å²) in [6.45, 7) is -1.40. The molecule has 1 fully saturated rings. The summed E-state index contributed by atoms with van der Waals surface area (Å²) < 4.78 is 31.9. The van der Waals surface area contributed by atoms with Gasteiger partial charge < -0.3 is 110 Å². The SMILES string of the molecule is O=C([O-])/C=C(\C(=O)O[C@H]1[C@@H]2OC(=O)c3cc(O)c(O)c(O)c3-c3c(cc(O)c(O)c3O)C(=O)OC[C@H]1O[C@@H](OC(=O)c1cc(O)c(O)c(O)c1)[C@@H]2O)[C@H]1c2c(cc(O)c(O)c2O)C(=O)O[C@@H]1C(=O)O. The van der Waals surface area contributed by atoms with Crippen molar-refractivity contribution < 1.29 is 139 Å². The van der Waals surface area contributed by atoms with Gasteiger partial charge in [-0.1, -0.05) is 0 Å². The number of esters is 5. The molecule has 0 radical (unpaired) electrons. The van der Waals surface area contributed by atoms with E-state index in [1.54, 1.807) is 0 Å². The number of ether oxygens (including phenoxy) is 6. The minimum atomic E-state index is -2.73. The summed E-state index contributed by atoms with van der Waals surface area (Å²) >= 11 is 0. The minimum absolute atomic E-state index is 0.156. The van der Waals surface area contributed by atoms with Gasteiger partial charge >= 0.3 is 35.8 Å². The molecule has 4 aromatic rings. The predicted octanol–water partition coefficient (Wildman–Crippen LogP) is -1.55. The summed E-state index contributed by atoms with van der Waals surface area (Å²) in [5.74, 6) is -31.9. The van der Waals surface area contributed by atoms with Crippen LogP contribution in [0.15, 0.2) is 42.0 Å². The van der Waals surface area contributed by atoms with E-state index in [1.807, 2.05) is 0 Å². The van der Waals surface area contributed by atoms with Crippen LogP contribution < -0.4 is 5.11 Å². The Kier molecular flexibility index (Phi) is 11.9. The molecule has 0 aromatic heterocycles. The quantitative estimate of drug-likeness (QED) is 0.0432. The molecular weight excluding hydrogens is 940 g/mol. The molecule has 0 amide bonds. The van der Waals surface area contributed by atoms with E-state index in [1.165, 1.54) is 0 Å². The van der Waals surface area contributed by atoms with Crippen LogP contribution in [0.3, 0.4) is 0 Å². The number of carbonyl (C=O) groups excluding carboxylic acids is 6. The summed E-state index contributed by atoms with van der Waals surface area (Å²) in [5, 5.41) is 159. The van der Waals surface area contributed by atoms with E-state index >= 15 is 0 Å². The van der Waals surface area contributed by atoms with Gasteiger partial charge in [0.1, 0.15) is 12.7 Å². The molecule has 1 saturated heterocycles. The summed E-state index contributed by atoms with van der Waals surface area (Å²) in [6, 6.07) is 2.23. The largest absolute Gasteiger partial charge is 0.545 e. The number of aromatic hydroxyl groups is 12. The summed E-state index contributed by atoms with van der Waals surface area (Å²) in [4.78, 5) is 93.6. The average molecular weight is 970 g/mol. The fourth-order valence-corrected chi connectivity index (χ4v) is 7.48. The molecule has 28 heteroatoms. The molecule has 0 aliphatic carbocycles. The molecule has 69 heavy (non-hydrogen) atoms.